The molecule has 0 fully saturated rings. The average Bonchev–Trinajstić information content (AvgIpc) is 2.64. The Morgan fingerprint density at radius 1 is 1.00 bits per heavy atom. The lowest BCUT2D eigenvalue weighted by Gasteiger charge is -2.13. The molecule has 0 bridgehead atoms. The molecule has 0 aromatic heterocycles. The first-order valence-electron chi connectivity index (χ1n) is 7.77. The molecule has 6 nitrogen and oxygen atoms in total. The third-order valence-corrected chi connectivity index (χ3v) is 3.71. The van der Waals surface area contributed by atoms with Gasteiger partial charge in [0.15, 0.2) is 11.5 Å². The molecule has 0 saturated heterocycles. The van der Waals surface area contributed by atoms with Crippen LogP contribution in [0.2, 0.25) is 0 Å². The molecule has 132 valence electrons. The average molecular weight is 342 g/mol. The van der Waals surface area contributed by atoms with Gasteiger partial charge < -0.3 is 19.7 Å². The number of carbonyl (C=O) groups is 2. The number of rotatable bonds is 6. The van der Waals surface area contributed by atoms with Gasteiger partial charge in [-0.2, -0.15) is 0 Å². The molecular weight excluding hydrogens is 320 g/mol. The summed E-state index contributed by atoms with van der Waals surface area (Å²) in [6.45, 7) is 0.343. The molecular formula is C19H22N2O4. The van der Waals surface area contributed by atoms with Crippen molar-refractivity contribution in [3.8, 4) is 11.5 Å². The molecule has 2 rings (SSSR count). The lowest BCUT2D eigenvalue weighted by Crippen LogP contribution is -2.24. The van der Waals surface area contributed by atoms with E-state index in [0.717, 1.165) is 5.56 Å². The van der Waals surface area contributed by atoms with Gasteiger partial charge in [0.25, 0.3) is 11.8 Å². The van der Waals surface area contributed by atoms with E-state index in [0.29, 0.717) is 29.2 Å². The number of nitrogens with zero attached hydrogens (tertiary/aromatic N) is 1. The molecule has 0 atom stereocenters. The van der Waals surface area contributed by atoms with Gasteiger partial charge in [-0.1, -0.05) is 18.2 Å². The van der Waals surface area contributed by atoms with Gasteiger partial charge in [0.2, 0.25) is 0 Å². The van der Waals surface area contributed by atoms with Crippen LogP contribution in [-0.2, 0) is 6.54 Å². The first-order chi connectivity index (χ1) is 12.0. The summed E-state index contributed by atoms with van der Waals surface area (Å²) in [6, 6.07) is 12.3. The Morgan fingerprint density at radius 3 is 2.24 bits per heavy atom. The SMILES string of the molecule is COc1cccc(C(=O)NCc2ccc(C(=O)N(C)C)cc2)c1OC. The highest BCUT2D eigenvalue weighted by Crippen LogP contribution is 2.30. The van der Waals surface area contributed by atoms with Crippen LogP contribution >= 0.6 is 0 Å². The molecule has 6 heteroatoms. The smallest absolute Gasteiger partial charge is 0.255 e. The maximum absolute atomic E-state index is 12.4. The summed E-state index contributed by atoms with van der Waals surface area (Å²) in [4.78, 5) is 25.8. The summed E-state index contributed by atoms with van der Waals surface area (Å²) < 4.78 is 10.5. The minimum atomic E-state index is -0.260. The highest BCUT2D eigenvalue weighted by atomic mass is 16.5. The van der Waals surface area contributed by atoms with E-state index < -0.39 is 0 Å². The quantitative estimate of drug-likeness (QED) is 0.875. The van der Waals surface area contributed by atoms with Crippen molar-refractivity contribution in [2.24, 2.45) is 0 Å². The lowest BCUT2D eigenvalue weighted by molar-refractivity contribution is 0.0827. The van der Waals surface area contributed by atoms with Crippen molar-refractivity contribution < 1.29 is 19.1 Å². The van der Waals surface area contributed by atoms with Gasteiger partial charge in [0.1, 0.15) is 0 Å². The molecule has 0 saturated carbocycles. The number of ether oxygens (including phenoxy) is 2. The Labute approximate surface area is 147 Å². The fourth-order valence-electron chi connectivity index (χ4n) is 2.37. The molecule has 2 aromatic carbocycles. The first kappa shape index (κ1) is 18.3. The summed E-state index contributed by atoms with van der Waals surface area (Å²) in [7, 11) is 6.43. The van der Waals surface area contributed by atoms with Gasteiger partial charge in [-0.05, 0) is 29.8 Å². The molecule has 0 aliphatic rings. The van der Waals surface area contributed by atoms with Gasteiger partial charge in [0, 0.05) is 26.2 Å². The number of methoxy groups -OCH3 is 2. The Kier molecular flexibility index (Phi) is 6.00. The molecule has 0 aliphatic carbocycles. The number of hydrogen-bond donors (Lipinski definition) is 1. The van der Waals surface area contributed by atoms with Crippen LogP contribution in [0.4, 0.5) is 0 Å². The third-order valence-electron chi connectivity index (χ3n) is 3.71. The van der Waals surface area contributed by atoms with E-state index in [4.69, 9.17) is 9.47 Å². The van der Waals surface area contributed by atoms with Crippen LogP contribution in [0, 0.1) is 0 Å². The van der Waals surface area contributed by atoms with E-state index in [1.807, 2.05) is 12.1 Å². The molecule has 0 aliphatic heterocycles. The summed E-state index contributed by atoms with van der Waals surface area (Å²) in [5.41, 5.74) is 1.90. The number of benzene rings is 2. The Morgan fingerprint density at radius 2 is 1.68 bits per heavy atom. The standard InChI is InChI=1S/C19H22N2O4/c1-21(2)19(23)14-10-8-13(9-11-14)12-20-18(22)15-6-5-7-16(24-3)17(15)25-4/h5-11H,12H2,1-4H3,(H,20,22). The van der Waals surface area contributed by atoms with Crippen molar-refractivity contribution in [3.63, 3.8) is 0 Å². The van der Waals surface area contributed by atoms with E-state index in [1.165, 1.54) is 19.1 Å². The zero-order valence-electron chi connectivity index (χ0n) is 14.8. The highest BCUT2D eigenvalue weighted by Gasteiger charge is 2.16. The van der Waals surface area contributed by atoms with Crippen LogP contribution < -0.4 is 14.8 Å². The Balaban J connectivity index is 2.07. The topological polar surface area (TPSA) is 67.9 Å². The molecule has 0 radical (unpaired) electrons. The van der Waals surface area contributed by atoms with E-state index in [1.54, 1.807) is 44.4 Å². The largest absolute Gasteiger partial charge is 0.493 e. The zero-order valence-corrected chi connectivity index (χ0v) is 14.8. The molecule has 0 spiro atoms. The van der Waals surface area contributed by atoms with Crippen molar-refractivity contribution in [2.45, 2.75) is 6.54 Å². The van der Waals surface area contributed by atoms with Crippen molar-refractivity contribution in [3.05, 3.63) is 59.2 Å². The molecule has 0 heterocycles. The number of nitrogens with one attached hydrogen (secondary N) is 1. The monoisotopic (exact) mass is 342 g/mol. The van der Waals surface area contributed by atoms with Crippen LogP contribution in [0.15, 0.2) is 42.5 Å². The predicted molar refractivity (Wildman–Crippen MR) is 95.2 cm³/mol. The van der Waals surface area contributed by atoms with Crippen molar-refractivity contribution >= 4 is 11.8 Å². The van der Waals surface area contributed by atoms with E-state index >= 15 is 0 Å². The second-order valence-corrected chi connectivity index (χ2v) is 5.62. The van der Waals surface area contributed by atoms with Gasteiger partial charge in [-0.15, -0.1) is 0 Å². The Bertz CT molecular complexity index is 755. The predicted octanol–water partition coefficient (Wildman–Crippen LogP) is 2.34. The lowest BCUT2D eigenvalue weighted by atomic mass is 10.1. The van der Waals surface area contributed by atoms with Crippen molar-refractivity contribution in [1.29, 1.82) is 0 Å². The molecule has 2 amide bonds. The second-order valence-electron chi connectivity index (χ2n) is 5.62. The zero-order chi connectivity index (χ0) is 18.4. The van der Waals surface area contributed by atoms with Crippen molar-refractivity contribution in [2.75, 3.05) is 28.3 Å². The number of carbonyl (C=O) groups excluding carboxylic acids is 2. The minimum absolute atomic E-state index is 0.0586. The third kappa shape index (κ3) is 4.29. The maximum Gasteiger partial charge on any atom is 0.255 e. The second kappa shape index (κ2) is 8.19. The first-order valence-corrected chi connectivity index (χ1v) is 7.77. The summed E-state index contributed by atoms with van der Waals surface area (Å²) in [5, 5.41) is 2.84. The molecule has 2 aromatic rings. The fraction of sp³-hybridized carbons (Fsp3) is 0.263. The Hall–Kier alpha value is -3.02. The molecule has 0 unspecified atom stereocenters. The normalized spacial score (nSPS) is 10.1. The number of para-hydroxylation sites is 1. The van der Waals surface area contributed by atoms with Crippen LogP contribution in [0.5, 0.6) is 11.5 Å². The maximum atomic E-state index is 12.4. The van der Waals surface area contributed by atoms with Crippen molar-refractivity contribution in [1.82, 2.24) is 10.2 Å². The molecule has 1 N–H and O–H groups in total. The summed E-state index contributed by atoms with van der Waals surface area (Å²) in [5.74, 6) is 0.581. The van der Waals surface area contributed by atoms with Gasteiger partial charge in [-0.25, -0.2) is 0 Å². The number of hydrogen-bond acceptors (Lipinski definition) is 4. The van der Waals surface area contributed by atoms with E-state index in [2.05, 4.69) is 5.32 Å². The summed E-state index contributed by atoms with van der Waals surface area (Å²) >= 11 is 0. The fourth-order valence-corrected chi connectivity index (χ4v) is 2.37. The van der Waals surface area contributed by atoms with Gasteiger partial charge >= 0.3 is 0 Å². The number of amides is 2. The highest BCUT2D eigenvalue weighted by molar-refractivity contribution is 5.97. The minimum Gasteiger partial charge on any atom is -0.493 e. The van der Waals surface area contributed by atoms with Gasteiger partial charge in [0.05, 0.1) is 19.8 Å². The molecule has 25 heavy (non-hydrogen) atoms. The van der Waals surface area contributed by atoms with Crippen LogP contribution in [0.1, 0.15) is 26.3 Å². The van der Waals surface area contributed by atoms with Crippen LogP contribution in [-0.4, -0.2) is 45.0 Å². The van der Waals surface area contributed by atoms with Crippen LogP contribution in [0.25, 0.3) is 0 Å². The summed E-state index contributed by atoms with van der Waals surface area (Å²) in [6.07, 6.45) is 0. The van der Waals surface area contributed by atoms with Gasteiger partial charge in [-0.3, -0.25) is 9.59 Å². The van der Waals surface area contributed by atoms with E-state index in [9.17, 15) is 9.59 Å². The van der Waals surface area contributed by atoms with Crippen LogP contribution in [0.3, 0.4) is 0 Å². The van der Waals surface area contributed by atoms with E-state index in [-0.39, 0.29) is 11.8 Å².